The SMILES string of the molecule is C=C(c1ccc(SC)cc1)c1ccc(F)nc1. The Hall–Kier alpha value is -1.61. The monoisotopic (exact) mass is 245 g/mol. The maximum Gasteiger partial charge on any atom is 0.212 e. The van der Waals surface area contributed by atoms with Gasteiger partial charge < -0.3 is 0 Å². The number of aromatic nitrogens is 1. The minimum atomic E-state index is -0.473. The normalized spacial score (nSPS) is 10.2. The van der Waals surface area contributed by atoms with Gasteiger partial charge in [0.15, 0.2) is 0 Å². The Kier molecular flexibility index (Phi) is 3.59. The molecule has 17 heavy (non-hydrogen) atoms. The summed E-state index contributed by atoms with van der Waals surface area (Å²) in [5.41, 5.74) is 2.71. The molecule has 0 amide bonds. The van der Waals surface area contributed by atoms with Crippen molar-refractivity contribution in [3.05, 3.63) is 66.2 Å². The van der Waals surface area contributed by atoms with Gasteiger partial charge in [-0.25, -0.2) is 4.98 Å². The third-order valence-electron chi connectivity index (χ3n) is 2.51. The van der Waals surface area contributed by atoms with Crippen molar-refractivity contribution in [1.29, 1.82) is 0 Å². The maximum absolute atomic E-state index is 12.7. The van der Waals surface area contributed by atoms with Crippen LogP contribution in [-0.2, 0) is 0 Å². The number of halogens is 1. The van der Waals surface area contributed by atoms with Crippen LogP contribution >= 0.6 is 11.8 Å². The molecule has 2 aromatic rings. The van der Waals surface area contributed by atoms with E-state index in [-0.39, 0.29) is 0 Å². The van der Waals surface area contributed by atoms with E-state index < -0.39 is 5.95 Å². The largest absolute Gasteiger partial charge is 0.228 e. The number of pyridine rings is 1. The molecule has 0 saturated heterocycles. The van der Waals surface area contributed by atoms with Gasteiger partial charge in [-0.1, -0.05) is 18.7 Å². The summed E-state index contributed by atoms with van der Waals surface area (Å²) in [5, 5.41) is 0. The fourth-order valence-electron chi connectivity index (χ4n) is 1.51. The molecule has 1 nitrogen and oxygen atoms in total. The molecule has 1 heterocycles. The lowest BCUT2D eigenvalue weighted by Gasteiger charge is -2.06. The van der Waals surface area contributed by atoms with E-state index in [4.69, 9.17) is 0 Å². The van der Waals surface area contributed by atoms with Gasteiger partial charge in [-0.2, -0.15) is 4.39 Å². The van der Waals surface area contributed by atoms with Crippen molar-refractivity contribution in [3.63, 3.8) is 0 Å². The van der Waals surface area contributed by atoms with E-state index >= 15 is 0 Å². The molecule has 0 aliphatic carbocycles. The molecule has 0 aliphatic heterocycles. The Morgan fingerprint density at radius 2 is 1.76 bits per heavy atom. The Bertz CT molecular complexity index is 517. The summed E-state index contributed by atoms with van der Waals surface area (Å²) in [6.07, 6.45) is 3.54. The number of rotatable bonds is 3. The quantitative estimate of drug-likeness (QED) is 0.598. The van der Waals surface area contributed by atoms with Gasteiger partial charge in [-0.3, -0.25) is 0 Å². The van der Waals surface area contributed by atoms with Gasteiger partial charge >= 0.3 is 0 Å². The van der Waals surface area contributed by atoms with Gasteiger partial charge in [0.1, 0.15) is 0 Å². The van der Waals surface area contributed by atoms with Crippen LogP contribution in [0.4, 0.5) is 4.39 Å². The van der Waals surface area contributed by atoms with Crippen LogP contribution in [0.15, 0.2) is 54.1 Å². The van der Waals surface area contributed by atoms with Gasteiger partial charge in [-0.05, 0) is 41.7 Å². The molecule has 1 aromatic carbocycles. The molecule has 0 saturated carbocycles. The van der Waals surface area contributed by atoms with Gasteiger partial charge in [0.25, 0.3) is 0 Å². The first kappa shape index (κ1) is 11.9. The van der Waals surface area contributed by atoms with Gasteiger partial charge in [0.05, 0.1) is 0 Å². The van der Waals surface area contributed by atoms with Crippen LogP contribution in [0.3, 0.4) is 0 Å². The smallest absolute Gasteiger partial charge is 0.212 e. The predicted octanol–water partition coefficient (Wildman–Crippen LogP) is 4.00. The topological polar surface area (TPSA) is 12.9 Å². The fourth-order valence-corrected chi connectivity index (χ4v) is 1.92. The molecule has 0 unspecified atom stereocenters. The van der Waals surface area contributed by atoms with Crippen molar-refractivity contribution < 1.29 is 4.39 Å². The van der Waals surface area contributed by atoms with Crippen LogP contribution in [-0.4, -0.2) is 11.2 Å². The van der Waals surface area contributed by atoms with E-state index in [2.05, 4.69) is 11.6 Å². The Morgan fingerprint density at radius 3 is 2.29 bits per heavy atom. The third kappa shape index (κ3) is 2.74. The number of thioether (sulfide) groups is 1. The molecular formula is C14H12FNS. The number of benzene rings is 1. The Labute approximate surface area is 104 Å². The van der Waals surface area contributed by atoms with Crippen molar-refractivity contribution in [3.8, 4) is 0 Å². The number of hydrogen-bond acceptors (Lipinski definition) is 2. The average molecular weight is 245 g/mol. The third-order valence-corrected chi connectivity index (χ3v) is 3.26. The van der Waals surface area contributed by atoms with E-state index in [1.807, 2.05) is 30.5 Å². The van der Waals surface area contributed by atoms with Crippen molar-refractivity contribution in [1.82, 2.24) is 4.98 Å². The number of hydrogen-bond donors (Lipinski definition) is 0. The highest BCUT2D eigenvalue weighted by atomic mass is 32.2. The summed E-state index contributed by atoms with van der Waals surface area (Å²) in [6.45, 7) is 4.01. The zero-order valence-electron chi connectivity index (χ0n) is 9.48. The van der Waals surface area contributed by atoms with Crippen molar-refractivity contribution in [2.75, 3.05) is 6.26 Å². The summed E-state index contributed by atoms with van der Waals surface area (Å²) < 4.78 is 12.7. The van der Waals surface area contributed by atoms with Crippen molar-refractivity contribution in [2.45, 2.75) is 4.90 Å². The van der Waals surface area contributed by atoms with E-state index in [0.29, 0.717) is 0 Å². The molecule has 86 valence electrons. The minimum absolute atomic E-state index is 0.473. The lowest BCUT2D eigenvalue weighted by atomic mass is 10.0. The molecular weight excluding hydrogens is 233 g/mol. The van der Waals surface area contributed by atoms with Crippen molar-refractivity contribution >= 4 is 17.3 Å². The van der Waals surface area contributed by atoms with Crippen molar-refractivity contribution in [2.24, 2.45) is 0 Å². The Balaban J connectivity index is 2.27. The van der Waals surface area contributed by atoms with E-state index in [9.17, 15) is 4.39 Å². The molecule has 0 spiro atoms. The molecule has 0 radical (unpaired) electrons. The Morgan fingerprint density at radius 1 is 1.12 bits per heavy atom. The predicted molar refractivity (Wildman–Crippen MR) is 70.6 cm³/mol. The lowest BCUT2D eigenvalue weighted by Crippen LogP contribution is -1.89. The molecule has 0 fully saturated rings. The first-order valence-electron chi connectivity index (χ1n) is 5.16. The van der Waals surface area contributed by atoms with E-state index in [0.717, 1.165) is 16.7 Å². The van der Waals surface area contributed by atoms with Crippen LogP contribution in [0.5, 0.6) is 0 Å². The second kappa shape index (κ2) is 5.15. The van der Waals surface area contributed by atoms with Gasteiger partial charge in [0.2, 0.25) is 5.95 Å². The minimum Gasteiger partial charge on any atom is -0.228 e. The fraction of sp³-hybridized carbons (Fsp3) is 0.0714. The molecule has 3 heteroatoms. The first-order valence-corrected chi connectivity index (χ1v) is 6.38. The molecule has 0 aliphatic rings. The van der Waals surface area contributed by atoms with Crippen LogP contribution < -0.4 is 0 Å². The summed E-state index contributed by atoms with van der Waals surface area (Å²) in [7, 11) is 0. The molecule has 1 aromatic heterocycles. The lowest BCUT2D eigenvalue weighted by molar-refractivity contribution is 0.583. The van der Waals surface area contributed by atoms with Gasteiger partial charge in [-0.15, -0.1) is 11.8 Å². The summed E-state index contributed by atoms with van der Waals surface area (Å²) in [4.78, 5) is 4.84. The highest BCUT2D eigenvalue weighted by molar-refractivity contribution is 7.98. The zero-order chi connectivity index (χ0) is 12.3. The van der Waals surface area contributed by atoms with Crippen LogP contribution in [0.2, 0.25) is 0 Å². The van der Waals surface area contributed by atoms with E-state index in [1.54, 1.807) is 17.8 Å². The highest BCUT2D eigenvalue weighted by Crippen LogP contribution is 2.23. The highest BCUT2D eigenvalue weighted by Gasteiger charge is 2.03. The second-order valence-electron chi connectivity index (χ2n) is 3.58. The first-order chi connectivity index (χ1) is 8.20. The van der Waals surface area contributed by atoms with Crippen LogP contribution in [0.1, 0.15) is 11.1 Å². The standard InChI is InChI=1S/C14H12FNS/c1-10(12-5-8-14(15)16-9-12)11-3-6-13(17-2)7-4-11/h3-9H,1H2,2H3. The molecule has 0 atom stereocenters. The average Bonchev–Trinajstić information content (AvgIpc) is 2.39. The zero-order valence-corrected chi connectivity index (χ0v) is 10.3. The summed E-state index contributed by atoms with van der Waals surface area (Å²) in [5.74, 6) is -0.473. The molecule has 0 bridgehead atoms. The van der Waals surface area contributed by atoms with Crippen LogP contribution in [0.25, 0.3) is 5.57 Å². The van der Waals surface area contributed by atoms with Gasteiger partial charge in [0, 0.05) is 16.7 Å². The second-order valence-corrected chi connectivity index (χ2v) is 4.46. The maximum atomic E-state index is 12.7. The number of nitrogens with zero attached hydrogens (tertiary/aromatic N) is 1. The van der Waals surface area contributed by atoms with E-state index in [1.165, 1.54) is 17.2 Å². The molecule has 2 rings (SSSR count). The molecule has 0 N–H and O–H groups in total. The van der Waals surface area contributed by atoms with Crippen LogP contribution in [0, 0.1) is 5.95 Å². The summed E-state index contributed by atoms with van der Waals surface area (Å²) in [6, 6.07) is 11.1. The summed E-state index contributed by atoms with van der Waals surface area (Å²) >= 11 is 1.70.